The monoisotopic (exact) mass is 1010 g/mol. The van der Waals surface area contributed by atoms with Crippen molar-refractivity contribution in [3.05, 3.63) is 11.6 Å². The second-order valence-corrected chi connectivity index (χ2v) is 27.6. The molecule has 1 N–H and O–H groups in total. The number of esters is 1. The molecular weight excluding hydrogens is 911 g/mol. The third-order valence-electron chi connectivity index (χ3n) is 17.0. The van der Waals surface area contributed by atoms with Gasteiger partial charge in [-0.05, 0) is 124 Å². The smallest absolute Gasteiger partial charge is 0.465 e. The summed E-state index contributed by atoms with van der Waals surface area (Å²) in [5.74, 6) is 8.65. The highest BCUT2D eigenvalue weighted by Gasteiger charge is 2.59. The summed E-state index contributed by atoms with van der Waals surface area (Å²) in [6.07, 6.45) is 32.0. The molecule has 0 radical (unpaired) electrons. The highest BCUT2D eigenvalue weighted by molar-refractivity contribution is 8.77. The number of aliphatic hydroxyl groups excluding tert-OH is 1. The van der Waals surface area contributed by atoms with E-state index in [1.807, 2.05) is 21.6 Å². The summed E-state index contributed by atoms with van der Waals surface area (Å²) in [7, 11) is 7.26. The van der Waals surface area contributed by atoms with Crippen LogP contribution in [0.1, 0.15) is 209 Å². The second kappa shape index (κ2) is 33.5. The van der Waals surface area contributed by atoms with Crippen molar-refractivity contribution in [1.29, 1.82) is 0 Å². The van der Waals surface area contributed by atoms with Crippen molar-refractivity contribution in [1.82, 2.24) is 4.90 Å². The van der Waals surface area contributed by atoms with E-state index in [4.69, 9.17) is 14.2 Å². The van der Waals surface area contributed by atoms with Gasteiger partial charge in [0.25, 0.3) is 0 Å². The van der Waals surface area contributed by atoms with E-state index in [2.05, 4.69) is 59.4 Å². The number of allylic oxidation sites excluding steroid dienone is 1. The van der Waals surface area contributed by atoms with Gasteiger partial charge in [-0.15, -0.1) is 0 Å². The minimum absolute atomic E-state index is 0.0232. The van der Waals surface area contributed by atoms with Crippen LogP contribution in [0, 0.1) is 52.3 Å². The first kappa shape index (κ1) is 59.4. The molecule has 0 aliphatic heterocycles. The number of hydrogen-bond donors (Lipinski definition) is 1. The van der Waals surface area contributed by atoms with E-state index in [1.165, 1.54) is 103 Å². The molecular formula is C56H101NO6S4. The topological polar surface area (TPSA) is 85.3 Å². The number of rotatable bonds is 37. The lowest BCUT2D eigenvalue weighted by Gasteiger charge is -2.58. The maximum Gasteiger partial charge on any atom is 0.508 e. The van der Waals surface area contributed by atoms with E-state index in [0.717, 1.165) is 136 Å². The molecule has 0 aromatic rings. The van der Waals surface area contributed by atoms with E-state index in [9.17, 15) is 14.7 Å². The lowest BCUT2D eigenvalue weighted by Crippen LogP contribution is -2.51. The van der Waals surface area contributed by atoms with Crippen LogP contribution in [0.2, 0.25) is 0 Å². The van der Waals surface area contributed by atoms with Crippen molar-refractivity contribution in [2.24, 2.45) is 52.3 Å². The molecule has 4 rings (SSSR count). The fraction of sp³-hybridized carbons (Fsp3) is 0.929. The number of aliphatic hydroxyl groups is 1. The van der Waals surface area contributed by atoms with Crippen molar-refractivity contribution in [3.8, 4) is 0 Å². The van der Waals surface area contributed by atoms with Gasteiger partial charge in [0, 0.05) is 49.1 Å². The molecule has 390 valence electrons. The Hall–Kier alpha value is -0.200. The van der Waals surface area contributed by atoms with E-state index in [0.29, 0.717) is 18.6 Å². The van der Waals surface area contributed by atoms with Crippen LogP contribution in [0.25, 0.3) is 0 Å². The molecule has 7 nitrogen and oxygen atoms in total. The first-order valence-electron chi connectivity index (χ1n) is 28.0. The van der Waals surface area contributed by atoms with Crippen molar-refractivity contribution < 1.29 is 28.9 Å². The van der Waals surface area contributed by atoms with Crippen molar-refractivity contribution in [2.75, 3.05) is 62.5 Å². The molecule has 3 fully saturated rings. The van der Waals surface area contributed by atoms with Crippen LogP contribution in [-0.2, 0) is 19.0 Å². The molecule has 4 aliphatic rings. The largest absolute Gasteiger partial charge is 0.508 e. The van der Waals surface area contributed by atoms with E-state index in [-0.39, 0.29) is 30.0 Å². The average molecular weight is 1010 g/mol. The van der Waals surface area contributed by atoms with Crippen LogP contribution in [0.3, 0.4) is 0 Å². The number of hydrogen-bond acceptors (Lipinski definition) is 11. The summed E-state index contributed by atoms with van der Waals surface area (Å²) in [4.78, 5) is 28.4. The summed E-state index contributed by atoms with van der Waals surface area (Å²) < 4.78 is 17.4. The zero-order valence-corrected chi connectivity index (χ0v) is 47.3. The van der Waals surface area contributed by atoms with Gasteiger partial charge in [0.15, 0.2) is 0 Å². The molecule has 67 heavy (non-hydrogen) atoms. The first-order chi connectivity index (χ1) is 32.5. The highest BCUT2D eigenvalue weighted by atomic mass is 33.1. The summed E-state index contributed by atoms with van der Waals surface area (Å²) in [6, 6.07) is 0. The third kappa shape index (κ3) is 20.3. The molecule has 0 amide bonds. The Labute approximate surface area is 428 Å². The van der Waals surface area contributed by atoms with Crippen LogP contribution in [0.5, 0.6) is 0 Å². The molecule has 0 bridgehead atoms. The first-order valence-corrected chi connectivity index (χ1v) is 33.0. The fourth-order valence-electron chi connectivity index (χ4n) is 13.1. The average Bonchev–Trinajstić information content (AvgIpc) is 3.67. The molecule has 4 aliphatic carbocycles. The van der Waals surface area contributed by atoms with E-state index < -0.39 is 6.16 Å². The molecule has 0 aromatic carbocycles. The van der Waals surface area contributed by atoms with Crippen LogP contribution in [0.15, 0.2) is 11.6 Å². The van der Waals surface area contributed by atoms with Crippen LogP contribution in [0.4, 0.5) is 4.79 Å². The summed E-state index contributed by atoms with van der Waals surface area (Å²) in [5.41, 5.74) is 2.31. The van der Waals surface area contributed by atoms with Gasteiger partial charge in [-0.1, -0.05) is 187 Å². The number of ether oxygens (including phenoxy) is 3. The summed E-state index contributed by atoms with van der Waals surface area (Å²) in [5, 5.41) is 9.38. The predicted octanol–water partition coefficient (Wildman–Crippen LogP) is 16.3. The zero-order valence-electron chi connectivity index (χ0n) is 44.0. The molecule has 0 heterocycles. The van der Waals surface area contributed by atoms with Gasteiger partial charge in [0.2, 0.25) is 0 Å². The van der Waals surface area contributed by atoms with Crippen LogP contribution < -0.4 is 0 Å². The van der Waals surface area contributed by atoms with Gasteiger partial charge >= 0.3 is 12.1 Å². The number of nitrogens with zero attached hydrogens (tertiary/aromatic N) is 1. The second-order valence-electron chi connectivity index (χ2n) is 22.2. The van der Waals surface area contributed by atoms with Gasteiger partial charge in [-0.3, -0.25) is 4.79 Å². The summed E-state index contributed by atoms with van der Waals surface area (Å²) in [6.45, 7) is 21.1. The third-order valence-corrected chi connectivity index (χ3v) is 21.7. The molecule has 9 atom stereocenters. The zero-order chi connectivity index (χ0) is 48.3. The predicted molar refractivity (Wildman–Crippen MR) is 293 cm³/mol. The van der Waals surface area contributed by atoms with Crippen LogP contribution in [-0.4, -0.2) is 90.7 Å². The fourth-order valence-corrected chi connectivity index (χ4v) is 16.8. The Morgan fingerprint density at radius 1 is 0.701 bits per heavy atom. The Morgan fingerprint density at radius 2 is 1.34 bits per heavy atom. The highest BCUT2D eigenvalue weighted by Crippen LogP contribution is 2.67. The van der Waals surface area contributed by atoms with Gasteiger partial charge in [0.05, 0.1) is 5.92 Å². The van der Waals surface area contributed by atoms with Gasteiger partial charge < -0.3 is 24.2 Å². The SMILES string of the molecule is CCCCCCCCC(CCCCCC)C(=O)OCCSSCCN(CCCCO)CCSSCCOC(=O)O[C@H]1CC[C@@]2(C)C(=CC[C@H]3[C@@H]4CC[C@H]([C@H](C)CCCC(C)C)[C@@]4(C)CC[C@@H]32)C1. The standard InChI is InChI=1S/C56H101NO6S4/c1-8-10-12-14-15-17-24-46(23-16-13-11-9-2)53(59)61-37-41-66-64-39-34-57(33-18-19-36-58)35-40-65-67-42-38-62-54(60)63-48-29-31-55(6)47(43-48)25-26-49-51-28-27-50(45(5)22-20-21-44(3)4)56(51,7)32-30-52(49)55/h25,44-46,48-52,58H,8-24,26-43H2,1-7H3/t45-,46?,48+,49+,50-,51+,52+,55+,56-/m1/s1. The molecule has 11 heteroatoms. The molecule has 3 saturated carbocycles. The minimum Gasteiger partial charge on any atom is -0.465 e. The van der Waals surface area contributed by atoms with E-state index >= 15 is 0 Å². The maximum absolute atomic E-state index is 13.0. The molecule has 0 saturated heterocycles. The quantitative estimate of drug-likeness (QED) is 0.0279. The lowest BCUT2D eigenvalue weighted by molar-refractivity contribution is -0.148. The number of unbranched alkanes of at least 4 members (excludes halogenated alkanes) is 9. The van der Waals surface area contributed by atoms with Crippen molar-refractivity contribution >= 4 is 55.3 Å². The Kier molecular flexibility index (Phi) is 29.7. The number of fused-ring (bicyclic) bond motifs is 5. The number of carbonyl (C=O) groups excluding carboxylic acids is 2. The van der Waals surface area contributed by atoms with Gasteiger partial charge in [-0.2, -0.15) is 0 Å². The Bertz CT molecular complexity index is 1390. The number of carbonyl (C=O) groups is 2. The molecule has 0 spiro atoms. The Morgan fingerprint density at radius 3 is 2.01 bits per heavy atom. The van der Waals surface area contributed by atoms with Crippen LogP contribution >= 0.6 is 43.2 Å². The minimum atomic E-state index is -0.504. The van der Waals surface area contributed by atoms with E-state index in [1.54, 1.807) is 27.2 Å². The van der Waals surface area contributed by atoms with Crippen molar-refractivity contribution in [3.63, 3.8) is 0 Å². The van der Waals surface area contributed by atoms with Crippen molar-refractivity contribution in [2.45, 2.75) is 215 Å². The Balaban J connectivity index is 1.07. The summed E-state index contributed by atoms with van der Waals surface area (Å²) >= 11 is 0. The lowest BCUT2D eigenvalue weighted by atomic mass is 9.47. The molecule has 0 aromatic heterocycles. The molecule has 1 unspecified atom stereocenters. The maximum atomic E-state index is 13.0. The van der Waals surface area contributed by atoms with Gasteiger partial charge in [-0.25, -0.2) is 4.79 Å². The normalized spacial score (nSPS) is 26.7. The van der Waals surface area contributed by atoms with Gasteiger partial charge in [0.1, 0.15) is 19.3 Å².